The number of rotatable bonds is 11. The van der Waals surface area contributed by atoms with Gasteiger partial charge in [0.25, 0.3) is 0 Å². The summed E-state index contributed by atoms with van der Waals surface area (Å²) in [5.74, 6) is 0.228. The number of hydrogen-bond acceptors (Lipinski definition) is 5. The molecule has 0 saturated heterocycles. The average Bonchev–Trinajstić information content (AvgIpc) is 3.60. The van der Waals surface area contributed by atoms with Crippen LogP contribution < -0.4 is 21.7 Å². The van der Waals surface area contributed by atoms with Crippen LogP contribution in [0.15, 0.2) is 69.9 Å². The first-order valence-electron chi connectivity index (χ1n) is 10.7. The minimum Gasteiger partial charge on any atom is -0.390 e. The molecule has 0 heterocycles. The Morgan fingerprint density at radius 2 is 1.94 bits per heavy atom. The summed E-state index contributed by atoms with van der Waals surface area (Å²) in [7, 11) is -1.94. The van der Waals surface area contributed by atoms with Crippen molar-refractivity contribution in [1.82, 2.24) is 16.0 Å². The van der Waals surface area contributed by atoms with Crippen LogP contribution in [0, 0.1) is 0 Å². The van der Waals surface area contributed by atoms with E-state index in [1.807, 2.05) is 19.9 Å². The predicted molar refractivity (Wildman–Crippen MR) is 134 cm³/mol. The van der Waals surface area contributed by atoms with Crippen LogP contribution in [0.3, 0.4) is 0 Å². The Hall–Kier alpha value is -2.78. The molecule has 1 saturated carbocycles. The molecule has 0 atom stereocenters. The molecule has 180 valence electrons. The molecule has 33 heavy (non-hydrogen) atoms. The Morgan fingerprint density at radius 3 is 2.52 bits per heavy atom. The molecule has 8 nitrogen and oxygen atoms in total. The number of amides is 2. The highest BCUT2D eigenvalue weighted by Gasteiger charge is 2.57. The summed E-state index contributed by atoms with van der Waals surface area (Å²) < 4.78 is 25.5. The number of carbonyl (C=O) groups excluding carboxylic acids is 1. The second kappa shape index (κ2) is 11.9. The van der Waals surface area contributed by atoms with Gasteiger partial charge in [0, 0.05) is 36.6 Å². The minimum atomic E-state index is -3.62. The van der Waals surface area contributed by atoms with Gasteiger partial charge in [-0.05, 0) is 56.5 Å². The molecule has 1 aliphatic rings. The number of aliphatic imine (C=N–C) groups is 1. The lowest BCUT2D eigenvalue weighted by molar-refractivity contribution is 0.244. The summed E-state index contributed by atoms with van der Waals surface area (Å²) in [6.07, 6.45) is 8.52. The molecule has 1 aliphatic carbocycles. The van der Waals surface area contributed by atoms with Crippen LogP contribution >= 0.6 is 11.6 Å². The Kier molecular flexibility index (Phi) is 9.55. The molecule has 2 amide bonds. The van der Waals surface area contributed by atoms with Crippen LogP contribution in [0.5, 0.6) is 0 Å². The van der Waals surface area contributed by atoms with Gasteiger partial charge in [-0.1, -0.05) is 30.2 Å². The third kappa shape index (κ3) is 7.10. The third-order valence-electron chi connectivity index (χ3n) is 5.13. The second-order valence-corrected chi connectivity index (χ2v) is 10.5. The molecule has 10 heteroatoms. The van der Waals surface area contributed by atoms with Gasteiger partial charge in [0.05, 0.1) is 11.4 Å². The van der Waals surface area contributed by atoms with Crippen molar-refractivity contribution in [3.8, 4) is 0 Å². The SMILES string of the molecule is CCCNC(=O)N/C=C/C=C(\C)C/N=C(N)\C=C(/NC)C1(S(=O)(=O)c2ccc(Cl)cc2)CC1. The fraction of sp³-hybridized carbons (Fsp3) is 0.391. The topological polar surface area (TPSA) is 126 Å². The molecular formula is C23H32ClN5O3S. The largest absolute Gasteiger partial charge is 0.390 e. The van der Waals surface area contributed by atoms with Crippen LogP contribution in [0.4, 0.5) is 4.79 Å². The third-order valence-corrected chi connectivity index (χ3v) is 7.93. The van der Waals surface area contributed by atoms with E-state index in [0.717, 1.165) is 12.0 Å². The maximum atomic E-state index is 13.3. The molecule has 0 radical (unpaired) electrons. The molecule has 0 aliphatic heterocycles. The number of allylic oxidation sites excluding steroid dienone is 2. The lowest BCUT2D eigenvalue weighted by Gasteiger charge is -2.20. The zero-order valence-corrected chi connectivity index (χ0v) is 20.8. The van der Waals surface area contributed by atoms with Crippen molar-refractivity contribution in [3.63, 3.8) is 0 Å². The normalized spacial score (nSPS) is 16.5. The number of sulfone groups is 1. The summed E-state index contributed by atoms with van der Waals surface area (Å²) >= 11 is 5.90. The summed E-state index contributed by atoms with van der Waals surface area (Å²) in [4.78, 5) is 16.0. The lowest BCUT2D eigenvalue weighted by Crippen LogP contribution is -2.33. The van der Waals surface area contributed by atoms with Gasteiger partial charge in [-0.3, -0.25) is 4.99 Å². The summed E-state index contributed by atoms with van der Waals surface area (Å²) in [6.45, 7) is 4.82. The molecular weight excluding hydrogens is 462 g/mol. The standard InChI is InChI=1S/C23H32ClN5O3S/c1-4-13-27-22(30)28-14-5-6-17(2)16-29-21(25)15-20(26-3)23(11-12-23)33(31,32)19-9-7-18(24)8-10-19/h5-10,14-15,26H,4,11-13,16H2,1-3H3,(H2,25,29)(H2,27,28,30)/b14-5+,17-6+,20-15-. The van der Waals surface area contributed by atoms with Gasteiger partial charge in [0.1, 0.15) is 10.6 Å². The van der Waals surface area contributed by atoms with Gasteiger partial charge in [-0.25, -0.2) is 13.2 Å². The molecule has 0 aromatic heterocycles. The summed E-state index contributed by atoms with van der Waals surface area (Å²) in [5, 5.41) is 8.79. The summed E-state index contributed by atoms with van der Waals surface area (Å²) in [6, 6.07) is 5.92. The fourth-order valence-corrected chi connectivity index (χ4v) is 5.32. The van der Waals surface area contributed by atoms with E-state index in [-0.39, 0.29) is 16.8 Å². The number of halogens is 1. The van der Waals surface area contributed by atoms with Crippen molar-refractivity contribution in [1.29, 1.82) is 0 Å². The van der Waals surface area contributed by atoms with Crippen LogP contribution in [0.25, 0.3) is 0 Å². The van der Waals surface area contributed by atoms with Crippen molar-refractivity contribution < 1.29 is 13.2 Å². The van der Waals surface area contributed by atoms with Crippen molar-refractivity contribution in [3.05, 3.63) is 65.0 Å². The Balaban J connectivity index is 2.06. The van der Waals surface area contributed by atoms with Crippen LogP contribution in [0.2, 0.25) is 5.02 Å². The number of hydrogen-bond donors (Lipinski definition) is 4. The number of nitrogens with two attached hydrogens (primary N) is 1. The van der Waals surface area contributed by atoms with E-state index in [1.54, 1.807) is 37.5 Å². The average molecular weight is 494 g/mol. The number of nitrogens with zero attached hydrogens (tertiary/aromatic N) is 1. The van der Waals surface area contributed by atoms with Crippen LogP contribution in [-0.2, 0) is 9.84 Å². The van der Waals surface area contributed by atoms with Gasteiger partial charge in [-0.2, -0.15) is 0 Å². The van der Waals surface area contributed by atoms with Gasteiger partial charge < -0.3 is 21.7 Å². The van der Waals surface area contributed by atoms with Gasteiger partial charge in [0.2, 0.25) is 0 Å². The monoisotopic (exact) mass is 493 g/mol. The van der Waals surface area contributed by atoms with Crippen molar-refractivity contribution in [2.24, 2.45) is 10.7 Å². The predicted octanol–water partition coefficient (Wildman–Crippen LogP) is 3.28. The molecule has 1 aromatic rings. The Labute approximate surface area is 201 Å². The fourth-order valence-electron chi connectivity index (χ4n) is 3.16. The summed E-state index contributed by atoms with van der Waals surface area (Å²) in [5.41, 5.74) is 7.51. The molecule has 0 unspecified atom stereocenters. The maximum Gasteiger partial charge on any atom is 0.318 e. The van der Waals surface area contributed by atoms with Gasteiger partial charge >= 0.3 is 6.03 Å². The number of benzene rings is 1. The molecule has 2 rings (SSSR count). The molecule has 1 aromatic carbocycles. The Morgan fingerprint density at radius 1 is 1.27 bits per heavy atom. The van der Waals surface area contributed by atoms with Crippen molar-refractivity contribution in [2.45, 2.75) is 42.8 Å². The van der Waals surface area contributed by atoms with Crippen LogP contribution in [0.1, 0.15) is 33.1 Å². The van der Waals surface area contributed by atoms with Crippen molar-refractivity contribution >= 4 is 33.3 Å². The highest BCUT2D eigenvalue weighted by atomic mass is 35.5. The van der Waals surface area contributed by atoms with Crippen molar-refractivity contribution in [2.75, 3.05) is 20.1 Å². The van der Waals surface area contributed by atoms with E-state index in [4.69, 9.17) is 17.3 Å². The van der Waals surface area contributed by atoms with Gasteiger partial charge in [-0.15, -0.1) is 0 Å². The highest BCUT2D eigenvalue weighted by molar-refractivity contribution is 7.93. The van der Waals surface area contributed by atoms with Gasteiger partial charge in [0.15, 0.2) is 9.84 Å². The number of nitrogens with one attached hydrogen (secondary N) is 3. The zero-order valence-electron chi connectivity index (χ0n) is 19.2. The van der Waals surface area contributed by atoms with Crippen LogP contribution in [-0.4, -0.2) is 45.2 Å². The zero-order chi connectivity index (χ0) is 24.5. The van der Waals surface area contributed by atoms with E-state index >= 15 is 0 Å². The number of urea groups is 1. The minimum absolute atomic E-state index is 0.226. The van der Waals surface area contributed by atoms with E-state index < -0.39 is 14.6 Å². The molecule has 0 spiro atoms. The highest BCUT2D eigenvalue weighted by Crippen LogP contribution is 2.51. The molecule has 5 N–H and O–H groups in total. The molecule has 1 fully saturated rings. The lowest BCUT2D eigenvalue weighted by atomic mass is 10.2. The first kappa shape index (κ1) is 26.5. The first-order chi connectivity index (χ1) is 15.7. The van der Waals surface area contributed by atoms with E-state index in [0.29, 0.717) is 36.7 Å². The molecule has 0 bridgehead atoms. The number of amidine groups is 1. The Bertz CT molecular complexity index is 1060. The quantitative estimate of drug-likeness (QED) is 0.214. The maximum absolute atomic E-state index is 13.3. The first-order valence-corrected chi connectivity index (χ1v) is 12.6. The van der Waals surface area contributed by atoms with E-state index in [1.165, 1.54) is 12.1 Å². The smallest absolute Gasteiger partial charge is 0.318 e. The van der Waals surface area contributed by atoms with E-state index in [9.17, 15) is 13.2 Å². The second-order valence-electron chi connectivity index (χ2n) is 7.77. The number of carbonyl (C=O) groups is 1. The van der Waals surface area contributed by atoms with E-state index in [2.05, 4.69) is 20.9 Å².